The Balaban J connectivity index is 2.42. The van der Waals surface area contributed by atoms with Crippen molar-refractivity contribution < 1.29 is 9.53 Å². The maximum atomic E-state index is 10.8. The summed E-state index contributed by atoms with van der Waals surface area (Å²) in [6.07, 6.45) is -0.797. The lowest BCUT2D eigenvalue weighted by molar-refractivity contribution is 0.151. The zero-order valence-electron chi connectivity index (χ0n) is 7.11. The summed E-state index contributed by atoms with van der Waals surface area (Å²) < 4.78 is 4.39. The van der Waals surface area contributed by atoms with Crippen molar-refractivity contribution in [2.75, 3.05) is 0 Å². The van der Waals surface area contributed by atoms with Crippen molar-refractivity contribution in [1.29, 1.82) is 0 Å². The Morgan fingerprint density at radius 2 is 1.93 bits per heavy atom. The SMILES string of the molecule is O=C(N=C(Cl)Cl)OCc1ccccc1. The van der Waals surface area contributed by atoms with Gasteiger partial charge in [0.25, 0.3) is 0 Å². The highest BCUT2D eigenvalue weighted by atomic mass is 35.5. The van der Waals surface area contributed by atoms with Crippen LogP contribution in [0.1, 0.15) is 5.56 Å². The molecular formula is C9H7Cl2NO2. The summed E-state index contributed by atoms with van der Waals surface area (Å²) >= 11 is 10.3. The molecule has 0 atom stereocenters. The van der Waals surface area contributed by atoms with E-state index in [2.05, 4.69) is 4.99 Å². The number of carbonyl (C=O) groups is 1. The Kier molecular flexibility index (Phi) is 4.43. The smallest absolute Gasteiger partial charge is 0.436 e. The van der Waals surface area contributed by atoms with Gasteiger partial charge in [-0.25, -0.2) is 4.79 Å². The van der Waals surface area contributed by atoms with Crippen molar-refractivity contribution in [2.24, 2.45) is 4.99 Å². The molecule has 0 N–H and O–H groups in total. The quantitative estimate of drug-likeness (QED) is 0.734. The molecular weight excluding hydrogens is 225 g/mol. The molecule has 0 radical (unpaired) electrons. The molecule has 0 fully saturated rings. The third-order valence-corrected chi connectivity index (χ3v) is 1.55. The Morgan fingerprint density at radius 3 is 2.50 bits per heavy atom. The van der Waals surface area contributed by atoms with Crippen LogP contribution in [0, 0.1) is 0 Å². The van der Waals surface area contributed by atoms with Crippen molar-refractivity contribution in [2.45, 2.75) is 6.61 Å². The molecule has 5 heteroatoms. The summed E-state index contributed by atoms with van der Waals surface area (Å²) in [6, 6.07) is 9.24. The van der Waals surface area contributed by atoms with E-state index in [9.17, 15) is 4.79 Å². The zero-order chi connectivity index (χ0) is 10.4. The molecule has 0 aliphatic heterocycles. The third kappa shape index (κ3) is 4.25. The molecule has 1 rings (SSSR count). The topological polar surface area (TPSA) is 38.7 Å². The zero-order valence-corrected chi connectivity index (χ0v) is 8.63. The number of rotatable bonds is 2. The molecule has 1 amide bonds. The highest BCUT2D eigenvalue weighted by Gasteiger charge is 2.00. The van der Waals surface area contributed by atoms with Gasteiger partial charge in [0.05, 0.1) is 0 Å². The molecule has 0 saturated heterocycles. The molecule has 3 nitrogen and oxygen atoms in total. The second-order valence-corrected chi connectivity index (χ2v) is 3.30. The second-order valence-electron chi connectivity index (χ2n) is 2.39. The minimum Gasteiger partial charge on any atom is -0.443 e. The molecule has 74 valence electrons. The van der Waals surface area contributed by atoms with Gasteiger partial charge < -0.3 is 4.74 Å². The third-order valence-electron chi connectivity index (χ3n) is 1.38. The maximum absolute atomic E-state index is 10.8. The molecule has 14 heavy (non-hydrogen) atoms. The summed E-state index contributed by atoms with van der Waals surface area (Å²) in [5, 5.41) is 0. The van der Waals surface area contributed by atoms with Gasteiger partial charge in [-0.15, -0.1) is 0 Å². The first-order valence-electron chi connectivity index (χ1n) is 3.79. The van der Waals surface area contributed by atoms with Gasteiger partial charge >= 0.3 is 6.09 Å². The van der Waals surface area contributed by atoms with E-state index >= 15 is 0 Å². The lowest BCUT2D eigenvalue weighted by atomic mass is 10.2. The van der Waals surface area contributed by atoms with Gasteiger partial charge in [0.1, 0.15) is 6.61 Å². The van der Waals surface area contributed by atoms with Crippen LogP contribution in [0.4, 0.5) is 4.79 Å². The molecule has 1 aromatic rings. The predicted molar refractivity (Wildman–Crippen MR) is 55.8 cm³/mol. The van der Waals surface area contributed by atoms with E-state index < -0.39 is 6.09 Å². The molecule has 0 heterocycles. The fraction of sp³-hybridized carbons (Fsp3) is 0.111. The second kappa shape index (κ2) is 5.62. The van der Waals surface area contributed by atoms with Crippen LogP contribution in [0.15, 0.2) is 35.3 Å². The van der Waals surface area contributed by atoms with Crippen molar-refractivity contribution >= 4 is 33.9 Å². The molecule has 0 unspecified atom stereocenters. The average Bonchev–Trinajstić information content (AvgIpc) is 2.15. The number of aliphatic imine (C=N–C) groups is 1. The highest BCUT2D eigenvalue weighted by molar-refractivity contribution is 6.95. The van der Waals surface area contributed by atoms with E-state index in [0.717, 1.165) is 5.56 Å². The Morgan fingerprint density at radius 1 is 1.29 bits per heavy atom. The van der Waals surface area contributed by atoms with Crippen LogP contribution in [0.2, 0.25) is 0 Å². The molecule has 0 aliphatic rings. The first kappa shape index (κ1) is 11.0. The number of nitrogens with zero attached hydrogens (tertiary/aromatic N) is 1. The number of hydrogen-bond acceptors (Lipinski definition) is 2. The van der Waals surface area contributed by atoms with E-state index in [4.69, 9.17) is 27.9 Å². The number of carbonyl (C=O) groups excluding carboxylic acids is 1. The molecule has 0 aromatic heterocycles. The van der Waals surface area contributed by atoms with E-state index in [-0.39, 0.29) is 11.2 Å². The van der Waals surface area contributed by atoms with Gasteiger partial charge in [0.15, 0.2) is 0 Å². The van der Waals surface area contributed by atoms with Crippen LogP contribution >= 0.6 is 23.2 Å². The molecule has 0 bridgehead atoms. The maximum Gasteiger partial charge on any atom is 0.436 e. The summed E-state index contributed by atoms with van der Waals surface area (Å²) in [4.78, 5) is 14.0. The highest BCUT2D eigenvalue weighted by Crippen LogP contribution is 2.02. The van der Waals surface area contributed by atoms with Crippen LogP contribution in [0.25, 0.3) is 0 Å². The van der Waals surface area contributed by atoms with Crippen LogP contribution in [-0.4, -0.2) is 10.7 Å². The van der Waals surface area contributed by atoms with Gasteiger partial charge in [0, 0.05) is 0 Å². The van der Waals surface area contributed by atoms with Crippen molar-refractivity contribution in [3.8, 4) is 0 Å². The van der Waals surface area contributed by atoms with Crippen LogP contribution in [0.3, 0.4) is 0 Å². The molecule has 0 aliphatic carbocycles. The minimum atomic E-state index is -0.797. The first-order chi connectivity index (χ1) is 6.68. The standard InChI is InChI=1S/C9H7Cl2NO2/c10-8(11)12-9(13)14-6-7-4-2-1-3-5-7/h1-5H,6H2. The van der Waals surface area contributed by atoms with Crippen molar-refractivity contribution in [1.82, 2.24) is 0 Å². The number of halogens is 2. The summed E-state index contributed by atoms with van der Waals surface area (Å²) in [5.41, 5.74) is 0.877. The molecule has 0 spiro atoms. The van der Waals surface area contributed by atoms with Crippen molar-refractivity contribution in [3.05, 3.63) is 35.9 Å². The lowest BCUT2D eigenvalue weighted by Gasteiger charge is -2.00. The molecule has 0 saturated carbocycles. The Labute approximate surface area is 91.3 Å². The largest absolute Gasteiger partial charge is 0.443 e. The average molecular weight is 232 g/mol. The van der Waals surface area contributed by atoms with Crippen LogP contribution in [0.5, 0.6) is 0 Å². The normalized spacial score (nSPS) is 9.29. The van der Waals surface area contributed by atoms with Crippen LogP contribution in [-0.2, 0) is 11.3 Å². The van der Waals surface area contributed by atoms with E-state index in [0.29, 0.717) is 0 Å². The molecule has 1 aromatic carbocycles. The van der Waals surface area contributed by atoms with Gasteiger partial charge in [-0.05, 0) is 28.8 Å². The predicted octanol–water partition coefficient (Wildman–Crippen LogP) is 3.16. The van der Waals surface area contributed by atoms with E-state index in [1.54, 1.807) is 0 Å². The summed E-state index contributed by atoms with van der Waals surface area (Å²) in [7, 11) is 0. The Bertz CT molecular complexity index is 334. The number of hydrogen-bond donors (Lipinski definition) is 0. The number of ether oxygens (including phenoxy) is 1. The summed E-state index contributed by atoms with van der Waals surface area (Å²) in [6.45, 7) is 0.157. The Hall–Kier alpha value is -1.06. The van der Waals surface area contributed by atoms with Gasteiger partial charge in [-0.2, -0.15) is 4.99 Å². The van der Waals surface area contributed by atoms with Gasteiger partial charge in [-0.1, -0.05) is 30.3 Å². The first-order valence-corrected chi connectivity index (χ1v) is 4.54. The monoisotopic (exact) mass is 231 g/mol. The van der Waals surface area contributed by atoms with Gasteiger partial charge in [-0.3, -0.25) is 0 Å². The van der Waals surface area contributed by atoms with Crippen LogP contribution < -0.4 is 0 Å². The van der Waals surface area contributed by atoms with E-state index in [1.165, 1.54) is 0 Å². The lowest BCUT2D eigenvalue weighted by Crippen LogP contribution is -1.99. The number of amides is 1. The fourth-order valence-electron chi connectivity index (χ4n) is 0.821. The van der Waals surface area contributed by atoms with Crippen molar-refractivity contribution in [3.63, 3.8) is 0 Å². The minimum absolute atomic E-state index is 0.157. The fourth-order valence-corrected chi connectivity index (χ4v) is 0.959. The van der Waals surface area contributed by atoms with Gasteiger partial charge in [0.2, 0.25) is 4.63 Å². The van der Waals surface area contributed by atoms with E-state index in [1.807, 2.05) is 30.3 Å². The number of benzene rings is 1. The summed E-state index contributed by atoms with van der Waals surface area (Å²) in [5.74, 6) is 0.